The fraction of sp³-hybridized carbons (Fsp3) is 0.167. The highest BCUT2D eigenvalue weighted by Gasteiger charge is 2.17. The lowest BCUT2D eigenvalue weighted by Crippen LogP contribution is -2.13. The maximum atomic E-state index is 13.9. The van der Waals surface area contributed by atoms with Gasteiger partial charge >= 0.3 is 5.97 Å². The van der Waals surface area contributed by atoms with Crippen LogP contribution in [-0.4, -0.2) is 22.4 Å². The Morgan fingerprint density at radius 2 is 2.28 bits per heavy atom. The number of nitrogens with zero attached hydrogens (tertiary/aromatic N) is 2. The van der Waals surface area contributed by atoms with Crippen LogP contribution in [0.1, 0.15) is 17.4 Å². The Balaban J connectivity index is 2.49. The molecule has 18 heavy (non-hydrogen) atoms. The summed E-state index contributed by atoms with van der Waals surface area (Å²) in [5.41, 5.74) is 0.381. The van der Waals surface area contributed by atoms with Crippen LogP contribution in [0.2, 0.25) is 0 Å². The van der Waals surface area contributed by atoms with Crippen molar-refractivity contribution in [3.05, 3.63) is 46.4 Å². The number of carbonyl (C=O) groups excluding carboxylic acids is 1. The fourth-order valence-corrected chi connectivity index (χ4v) is 1.87. The minimum Gasteiger partial charge on any atom is -0.461 e. The standard InChI is InChI=1S/C12H10BrFN2O2/c1-2-18-12(17)10-6-7-15-16(10)9-5-3-4-8(13)11(9)14/h3-7H,2H2,1H3. The molecule has 0 saturated heterocycles. The first-order chi connectivity index (χ1) is 8.65. The largest absolute Gasteiger partial charge is 0.461 e. The van der Waals surface area contributed by atoms with E-state index in [9.17, 15) is 9.18 Å². The van der Waals surface area contributed by atoms with Gasteiger partial charge in [0.05, 0.1) is 17.3 Å². The van der Waals surface area contributed by atoms with Gasteiger partial charge in [0.15, 0.2) is 11.5 Å². The van der Waals surface area contributed by atoms with Crippen LogP contribution >= 0.6 is 15.9 Å². The molecule has 0 aliphatic carbocycles. The zero-order valence-corrected chi connectivity index (χ0v) is 11.1. The molecule has 2 rings (SSSR count). The third-order valence-corrected chi connectivity index (χ3v) is 2.90. The number of benzene rings is 1. The van der Waals surface area contributed by atoms with Crippen molar-refractivity contribution in [2.75, 3.05) is 6.61 Å². The molecular weight excluding hydrogens is 303 g/mol. The summed E-state index contributed by atoms with van der Waals surface area (Å²) in [6.45, 7) is 1.96. The molecule has 6 heteroatoms. The number of halogens is 2. The SMILES string of the molecule is CCOC(=O)c1ccnn1-c1cccc(Br)c1F. The molecule has 1 aromatic carbocycles. The van der Waals surface area contributed by atoms with Gasteiger partial charge in [0.1, 0.15) is 5.69 Å². The summed E-state index contributed by atoms with van der Waals surface area (Å²) < 4.78 is 20.3. The Labute approximate surface area is 111 Å². The van der Waals surface area contributed by atoms with Gasteiger partial charge in [0.25, 0.3) is 0 Å². The van der Waals surface area contributed by atoms with E-state index in [2.05, 4.69) is 21.0 Å². The number of esters is 1. The summed E-state index contributed by atoms with van der Waals surface area (Å²) in [6.07, 6.45) is 1.42. The summed E-state index contributed by atoms with van der Waals surface area (Å²) >= 11 is 3.09. The van der Waals surface area contributed by atoms with Gasteiger partial charge < -0.3 is 4.74 Å². The van der Waals surface area contributed by atoms with Crippen molar-refractivity contribution < 1.29 is 13.9 Å². The Morgan fingerprint density at radius 1 is 1.50 bits per heavy atom. The Morgan fingerprint density at radius 3 is 3.00 bits per heavy atom. The first-order valence-electron chi connectivity index (χ1n) is 5.30. The predicted octanol–water partition coefficient (Wildman–Crippen LogP) is 2.95. The third kappa shape index (κ3) is 2.28. The summed E-state index contributed by atoms with van der Waals surface area (Å²) in [5.74, 6) is -1.01. The van der Waals surface area contributed by atoms with Gasteiger partial charge in [0, 0.05) is 0 Å². The quantitative estimate of drug-likeness (QED) is 0.818. The second-order valence-corrected chi connectivity index (χ2v) is 4.28. The normalized spacial score (nSPS) is 10.4. The Hall–Kier alpha value is -1.69. The van der Waals surface area contributed by atoms with Crippen LogP contribution in [0.4, 0.5) is 4.39 Å². The molecule has 0 radical (unpaired) electrons. The van der Waals surface area contributed by atoms with Crippen molar-refractivity contribution in [2.24, 2.45) is 0 Å². The highest BCUT2D eigenvalue weighted by atomic mass is 79.9. The monoisotopic (exact) mass is 312 g/mol. The van der Waals surface area contributed by atoms with Crippen molar-refractivity contribution in [2.45, 2.75) is 6.92 Å². The Kier molecular flexibility index (Phi) is 3.76. The van der Waals surface area contributed by atoms with Crippen molar-refractivity contribution in [3.63, 3.8) is 0 Å². The second kappa shape index (κ2) is 5.30. The summed E-state index contributed by atoms with van der Waals surface area (Å²) in [4.78, 5) is 11.7. The molecule has 0 amide bonds. The van der Waals surface area contributed by atoms with Gasteiger partial charge in [-0.1, -0.05) is 6.07 Å². The third-order valence-electron chi connectivity index (χ3n) is 2.29. The van der Waals surface area contributed by atoms with Crippen LogP contribution in [0, 0.1) is 5.82 Å². The number of hydrogen-bond donors (Lipinski definition) is 0. The van der Waals surface area contributed by atoms with Crippen LogP contribution in [0.15, 0.2) is 34.9 Å². The van der Waals surface area contributed by atoms with E-state index in [-0.39, 0.29) is 18.0 Å². The van der Waals surface area contributed by atoms with E-state index in [1.807, 2.05) is 0 Å². The molecule has 4 nitrogen and oxygen atoms in total. The molecule has 0 N–H and O–H groups in total. The summed E-state index contributed by atoms with van der Waals surface area (Å²) in [7, 11) is 0. The molecular formula is C12H10BrFN2O2. The minimum atomic E-state index is -0.533. The van der Waals surface area contributed by atoms with Crippen molar-refractivity contribution in [1.29, 1.82) is 0 Å². The van der Waals surface area contributed by atoms with Crippen molar-refractivity contribution in [1.82, 2.24) is 9.78 Å². The summed E-state index contributed by atoms with van der Waals surface area (Å²) in [6, 6.07) is 6.26. The number of rotatable bonds is 3. The average Bonchev–Trinajstić information content (AvgIpc) is 2.82. The number of hydrogen-bond acceptors (Lipinski definition) is 3. The molecule has 1 aromatic heterocycles. The molecule has 0 aliphatic rings. The van der Waals surface area contributed by atoms with Gasteiger partial charge in [-0.15, -0.1) is 0 Å². The van der Waals surface area contributed by atoms with E-state index >= 15 is 0 Å². The lowest BCUT2D eigenvalue weighted by Gasteiger charge is -2.08. The predicted molar refractivity (Wildman–Crippen MR) is 67.2 cm³/mol. The molecule has 94 valence electrons. The van der Waals surface area contributed by atoms with Crippen LogP contribution < -0.4 is 0 Å². The number of aromatic nitrogens is 2. The van der Waals surface area contributed by atoms with E-state index in [4.69, 9.17) is 4.74 Å². The van der Waals surface area contributed by atoms with Gasteiger partial charge in [-0.2, -0.15) is 5.10 Å². The van der Waals surface area contributed by atoms with Gasteiger partial charge in [-0.3, -0.25) is 0 Å². The molecule has 0 bridgehead atoms. The fourth-order valence-electron chi connectivity index (χ4n) is 1.51. The van der Waals surface area contributed by atoms with E-state index in [0.29, 0.717) is 4.47 Å². The van der Waals surface area contributed by atoms with Crippen LogP contribution in [0.3, 0.4) is 0 Å². The molecule has 0 atom stereocenters. The van der Waals surface area contributed by atoms with E-state index in [1.54, 1.807) is 19.1 Å². The first-order valence-corrected chi connectivity index (χ1v) is 6.10. The molecule has 0 spiro atoms. The lowest BCUT2D eigenvalue weighted by molar-refractivity contribution is 0.0515. The van der Waals surface area contributed by atoms with E-state index in [0.717, 1.165) is 0 Å². The average molecular weight is 313 g/mol. The van der Waals surface area contributed by atoms with Gasteiger partial charge in [-0.05, 0) is 41.1 Å². The van der Waals surface area contributed by atoms with Crippen molar-refractivity contribution in [3.8, 4) is 5.69 Å². The first kappa shape index (κ1) is 12.8. The maximum absolute atomic E-state index is 13.9. The zero-order valence-electron chi connectivity index (χ0n) is 9.56. The molecule has 0 fully saturated rings. The number of carbonyl (C=O) groups is 1. The maximum Gasteiger partial charge on any atom is 0.357 e. The van der Waals surface area contributed by atoms with Crippen LogP contribution in [0.5, 0.6) is 0 Å². The lowest BCUT2D eigenvalue weighted by atomic mass is 10.3. The van der Waals surface area contributed by atoms with E-state index < -0.39 is 11.8 Å². The molecule has 0 aliphatic heterocycles. The molecule has 0 saturated carbocycles. The number of ether oxygens (including phenoxy) is 1. The topological polar surface area (TPSA) is 44.1 Å². The smallest absolute Gasteiger partial charge is 0.357 e. The van der Waals surface area contributed by atoms with Gasteiger partial charge in [0.2, 0.25) is 0 Å². The summed E-state index contributed by atoms with van der Waals surface area (Å²) in [5, 5.41) is 3.95. The molecule has 2 aromatic rings. The molecule has 1 heterocycles. The molecule has 0 unspecified atom stereocenters. The van der Waals surface area contributed by atoms with Crippen molar-refractivity contribution >= 4 is 21.9 Å². The second-order valence-electron chi connectivity index (χ2n) is 3.42. The van der Waals surface area contributed by atoms with Gasteiger partial charge in [-0.25, -0.2) is 13.9 Å². The highest BCUT2D eigenvalue weighted by molar-refractivity contribution is 9.10. The van der Waals surface area contributed by atoms with Crippen LogP contribution in [-0.2, 0) is 4.74 Å². The highest BCUT2D eigenvalue weighted by Crippen LogP contribution is 2.22. The zero-order chi connectivity index (χ0) is 13.1. The Bertz CT molecular complexity index is 583. The van der Waals surface area contributed by atoms with E-state index in [1.165, 1.54) is 23.0 Å². The minimum absolute atomic E-state index is 0.189. The van der Waals surface area contributed by atoms with Crippen LogP contribution in [0.25, 0.3) is 5.69 Å².